The maximum absolute atomic E-state index is 12.8. The summed E-state index contributed by atoms with van der Waals surface area (Å²) in [6.07, 6.45) is 5.76. The molecule has 1 amide bonds. The van der Waals surface area contributed by atoms with Crippen LogP contribution in [0, 0.1) is 18.3 Å². The SMILES string of the molecule is Cc1c(C(=O)Nc2sc3c(c2C#N)CCCC3)cnn1-c1ccccc1. The highest BCUT2D eigenvalue weighted by molar-refractivity contribution is 7.16. The predicted octanol–water partition coefficient (Wildman–Crippen LogP) is 4.25. The number of hydrogen-bond acceptors (Lipinski definition) is 4. The summed E-state index contributed by atoms with van der Waals surface area (Å²) in [5, 5.41) is 17.5. The number of fused-ring (bicyclic) bond motifs is 1. The van der Waals surface area contributed by atoms with Crippen LogP contribution in [0.3, 0.4) is 0 Å². The Morgan fingerprint density at radius 1 is 1.27 bits per heavy atom. The average molecular weight is 362 g/mol. The topological polar surface area (TPSA) is 70.7 Å². The maximum atomic E-state index is 12.8. The van der Waals surface area contributed by atoms with Crippen LogP contribution in [-0.4, -0.2) is 15.7 Å². The third-order valence-electron chi connectivity index (χ3n) is 4.77. The number of nitrogens with zero attached hydrogens (tertiary/aromatic N) is 3. The highest BCUT2D eigenvalue weighted by atomic mass is 32.1. The molecule has 2 heterocycles. The first-order valence-electron chi connectivity index (χ1n) is 8.65. The molecule has 1 aromatic carbocycles. The number of carbonyl (C=O) groups is 1. The number of benzene rings is 1. The van der Waals surface area contributed by atoms with Crippen LogP contribution in [-0.2, 0) is 12.8 Å². The van der Waals surface area contributed by atoms with E-state index in [0.717, 1.165) is 42.6 Å². The predicted molar refractivity (Wildman–Crippen MR) is 102 cm³/mol. The van der Waals surface area contributed by atoms with Gasteiger partial charge in [0.25, 0.3) is 5.91 Å². The van der Waals surface area contributed by atoms with Crippen LogP contribution in [0.15, 0.2) is 36.5 Å². The van der Waals surface area contributed by atoms with Crippen molar-refractivity contribution >= 4 is 22.2 Å². The summed E-state index contributed by atoms with van der Waals surface area (Å²) in [5.41, 5.74) is 3.95. The van der Waals surface area contributed by atoms with Gasteiger partial charge in [-0.05, 0) is 50.3 Å². The van der Waals surface area contributed by atoms with E-state index in [4.69, 9.17) is 0 Å². The number of nitriles is 1. The Morgan fingerprint density at radius 3 is 2.81 bits per heavy atom. The Bertz CT molecular complexity index is 1010. The quantitative estimate of drug-likeness (QED) is 0.757. The number of rotatable bonds is 3. The Kier molecular flexibility index (Phi) is 4.31. The van der Waals surface area contributed by atoms with Crippen LogP contribution in [0.5, 0.6) is 0 Å². The van der Waals surface area contributed by atoms with Crippen molar-refractivity contribution in [2.24, 2.45) is 0 Å². The zero-order chi connectivity index (χ0) is 18.1. The van der Waals surface area contributed by atoms with E-state index < -0.39 is 0 Å². The number of hydrogen-bond donors (Lipinski definition) is 1. The molecule has 26 heavy (non-hydrogen) atoms. The van der Waals surface area contributed by atoms with Crippen molar-refractivity contribution in [1.82, 2.24) is 9.78 Å². The Balaban J connectivity index is 1.63. The average Bonchev–Trinajstić information content (AvgIpc) is 3.22. The molecule has 0 fully saturated rings. The number of carbonyl (C=O) groups excluding carboxylic acids is 1. The van der Waals surface area contributed by atoms with Gasteiger partial charge in [0.15, 0.2) is 0 Å². The highest BCUT2D eigenvalue weighted by Crippen LogP contribution is 2.37. The number of para-hydroxylation sites is 1. The third kappa shape index (κ3) is 2.80. The standard InChI is InChI=1S/C20H18N4OS/c1-13-17(12-22-24(13)14-7-3-2-4-8-14)19(25)23-20-16(11-21)15-9-5-6-10-18(15)26-20/h2-4,7-8,12H,5-6,9-10H2,1H3,(H,23,25). The molecular weight excluding hydrogens is 344 g/mol. The summed E-state index contributed by atoms with van der Waals surface area (Å²) in [4.78, 5) is 14.0. The van der Waals surface area contributed by atoms with Crippen molar-refractivity contribution in [3.05, 3.63) is 63.8 Å². The van der Waals surface area contributed by atoms with Gasteiger partial charge in [0.2, 0.25) is 0 Å². The van der Waals surface area contributed by atoms with Gasteiger partial charge in [-0.15, -0.1) is 11.3 Å². The first kappa shape index (κ1) is 16.6. The molecule has 0 radical (unpaired) electrons. The van der Waals surface area contributed by atoms with Gasteiger partial charge in [0.05, 0.1) is 28.7 Å². The molecule has 2 aromatic heterocycles. The van der Waals surface area contributed by atoms with E-state index in [-0.39, 0.29) is 5.91 Å². The molecule has 3 aromatic rings. The van der Waals surface area contributed by atoms with Crippen molar-refractivity contribution in [3.8, 4) is 11.8 Å². The van der Waals surface area contributed by atoms with E-state index in [1.165, 1.54) is 16.2 Å². The fourth-order valence-corrected chi connectivity index (χ4v) is 4.64. The lowest BCUT2D eigenvalue weighted by Gasteiger charge is -2.09. The number of anilines is 1. The summed E-state index contributed by atoms with van der Waals surface area (Å²) < 4.78 is 1.75. The molecule has 4 rings (SSSR count). The van der Waals surface area contributed by atoms with Crippen LogP contribution >= 0.6 is 11.3 Å². The number of aromatic nitrogens is 2. The second kappa shape index (κ2) is 6.77. The minimum absolute atomic E-state index is 0.222. The van der Waals surface area contributed by atoms with E-state index in [2.05, 4.69) is 16.5 Å². The van der Waals surface area contributed by atoms with Crippen molar-refractivity contribution in [2.45, 2.75) is 32.6 Å². The van der Waals surface area contributed by atoms with Crippen molar-refractivity contribution < 1.29 is 4.79 Å². The molecule has 0 aliphatic heterocycles. The zero-order valence-corrected chi connectivity index (χ0v) is 15.3. The van der Waals surface area contributed by atoms with Crippen LogP contribution in [0.2, 0.25) is 0 Å². The minimum Gasteiger partial charge on any atom is -0.312 e. The molecule has 130 valence electrons. The molecular formula is C20H18N4OS. The smallest absolute Gasteiger partial charge is 0.259 e. The lowest BCUT2D eigenvalue weighted by molar-refractivity contribution is 0.102. The van der Waals surface area contributed by atoms with Crippen LogP contribution in [0.25, 0.3) is 5.69 Å². The fourth-order valence-electron chi connectivity index (χ4n) is 3.40. The summed E-state index contributed by atoms with van der Waals surface area (Å²) in [5.74, 6) is -0.222. The van der Waals surface area contributed by atoms with Crippen molar-refractivity contribution in [2.75, 3.05) is 5.32 Å². The molecule has 0 atom stereocenters. The zero-order valence-electron chi connectivity index (χ0n) is 14.5. The highest BCUT2D eigenvalue weighted by Gasteiger charge is 2.23. The Labute approximate surface area is 155 Å². The molecule has 0 spiro atoms. The monoisotopic (exact) mass is 362 g/mol. The van der Waals surface area contributed by atoms with Gasteiger partial charge in [-0.3, -0.25) is 4.79 Å². The fraction of sp³-hybridized carbons (Fsp3) is 0.250. The molecule has 5 nitrogen and oxygen atoms in total. The first-order valence-corrected chi connectivity index (χ1v) is 9.46. The number of thiophene rings is 1. The minimum atomic E-state index is -0.222. The van der Waals surface area contributed by atoms with Crippen molar-refractivity contribution in [1.29, 1.82) is 5.26 Å². The number of nitrogens with one attached hydrogen (secondary N) is 1. The Morgan fingerprint density at radius 2 is 2.04 bits per heavy atom. The van der Waals surface area contributed by atoms with Crippen LogP contribution in [0.1, 0.15) is 44.9 Å². The van der Waals surface area contributed by atoms with E-state index in [9.17, 15) is 10.1 Å². The summed E-state index contributed by atoms with van der Waals surface area (Å²) in [6.45, 7) is 1.87. The summed E-state index contributed by atoms with van der Waals surface area (Å²) in [6, 6.07) is 12.0. The largest absolute Gasteiger partial charge is 0.312 e. The summed E-state index contributed by atoms with van der Waals surface area (Å²) >= 11 is 1.54. The van der Waals surface area contributed by atoms with Gasteiger partial charge in [-0.25, -0.2) is 4.68 Å². The molecule has 1 N–H and O–H groups in total. The molecule has 0 bridgehead atoms. The van der Waals surface area contributed by atoms with Gasteiger partial charge < -0.3 is 5.32 Å². The second-order valence-electron chi connectivity index (χ2n) is 6.37. The molecule has 1 aliphatic rings. The van der Waals surface area contributed by atoms with Gasteiger partial charge in [0.1, 0.15) is 11.1 Å². The number of aryl methyl sites for hydroxylation is 1. The van der Waals surface area contributed by atoms with Gasteiger partial charge >= 0.3 is 0 Å². The molecule has 0 unspecified atom stereocenters. The lowest BCUT2D eigenvalue weighted by Crippen LogP contribution is -2.13. The van der Waals surface area contributed by atoms with E-state index in [1.54, 1.807) is 10.9 Å². The Hall–Kier alpha value is -2.91. The molecule has 0 saturated carbocycles. The maximum Gasteiger partial charge on any atom is 0.259 e. The second-order valence-corrected chi connectivity index (χ2v) is 7.48. The van der Waals surface area contributed by atoms with E-state index >= 15 is 0 Å². The first-order chi connectivity index (χ1) is 12.7. The molecule has 1 aliphatic carbocycles. The van der Waals surface area contributed by atoms with Gasteiger partial charge in [-0.2, -0.15) is 10.4 Å². The lowest BCUT2D eigenvalue weighted by atomic mass is 9.96. The van der Waals surface area contributed by atoms with E-state index in [1.807, 2.05) is 37.3 Å². The van der Waals surface area contributed by atoms with Gasteiger partial charge in [0, 0.05) is 4.88 Å². The molecule has 6 heteroatoms. The van der Waals surface area contributed by atoms with Crippen molar-refractivity contribution in [3.63, 3.8) is 0 Å². The molecule has 0 saturated heterocycles. The van der Waals surface area contributed by atoms with E-state index in [0.29, 0.717) is 16.1 Å². The third-order valence-corrected chi connectivity index (χ3v) is 5.97. The van der Waals surface area contributed by atoms with Crippen LogP contribution < -0.4 is 5.32 Å². The normalized spacial score (nSPS) is 13.1. The van der Waals surface area contributed by atoms with Crippen LogP contribution in [0.4, 0.5) is 5.00 Å². The summed E-state index contributed by atoms with van der Waals surface area (Å²) in [7, 11) is 0. The van der Waals surface area contributed by atoms with Gasteiger partial charge in [-0.1, -0.05) is 18.2 Å². The number of amides is 1.